The highest BCUT2D eigenvalue weighted by Gasteiger charge is 2.18. The third-order valence-electron chi connectivity index (χ3n) is 4.41. The molecule has 0 amide bonds. The molecule has 0 bridgehead atoms. The molecule has 3 rings (SSSR count). The number of nitrogens with zero attached hydrogens (tertiary/aromatic N) is 2. The highest BCUT2D eigenvalue weighted by atomic mass is 16.1. The molecule has 4 nitrogen and oxygen atoms in total. The number of benzene rings is 2. The van der Waals surface area contributed by atoms with Gasteiger partial charge in [-0.3, -0.25) is 9.13 Å². The number of imidazole rings is 1. The van der Waals surface area contributed by atoms with Gasteiger partial charge in [0, 0.05) is 24.8 Å². The molecule has 4 heteroatoms. The quantitative estimate of drug-likeness (QED) is 0.726. The predicted molar refractivity (Wildman–Crippen MR) is 101 cm³/mol. The van der Waals surface area contributed by atoms with Crippen molar-refractivity contribution in [1.29, 1.82) is 0 Å². The standard InChI is InChI=1S/C20H25N3O/c1-13-7-6-8-15(18(13)21)14-9-10-16-17(11-14)22(5)19(24)23(16)12-20(2,3)4/h6-11H,12,21H2,1-5H3. The van der Waals surface area contributed by atoms with Gasteiger partial charge in [0.15, 0.2) is 0 Å². The van der Waals surface area contributed by atoms with Gasteiger partial charge in [0.1, 0.15) is 0 Å². The van der Waals surface area contributed by atoms with Gasteiger partial charge < -0.3 is 5.73 Å². The first kappa shape index (κ1) is 16.4. The highest BCUT2D eigenvalue weighted by molar-refractivity contribution is 5.86. The zero-order valence-corrected chi connectivity index (χ0v) is 15.1. The minimum Gasteiger partial charge on any atom is -0.398 e. The number of hydrogen-bond acceptors (Lipinski definition) is 2. The number of aryl methyl sites for hydroxylation is 2. The van der Waals surface area contributed by atoms with E-state index in [1.807, 2.05) is 48.9 Å². The van der Waals surface area contributed by atoms with Crippen LogP contribution in [0.25, 0.3) is 22.2 Å². The fraction of sp³-hybridized carbons (Fsp3) is 0.350. The molecule has 126 valence electrons. The van der Waals surface area contributed by atoms with Crippen molar-refractivity contribution < 1.29 is 0 Å². The lowest BCUT2D eigenvalue weighted by Crippen LogP contribution is -2.27. The van der Waals surface area contributed by atoms with Gasteiger partial charge in [0.05, 0.1) is 11.0 Å². The predicted octanol–water partition coefficient (Wildman–Crippen LogP) is 3.94. The van der Waals surface area contributed by atoms with Crippen molar-refractivity contribution in [3.63, 3.8) is 0 Å². The molecule has 2 N–H and O–H groups in total. The molecule has 0 radical (unpaired) electrons. The maximum atomic E-state index is 12.6. The van der Waals surface area contributed by atoms with Crippen molar-refractivity contribution in [2.45, 2.75) is 34.2 Å². The zero-order valence-electron chi connectivity index (χ0n) is 15.1. The Morgan fingerprint density at radius 1 is 1.08 bits per heavy atom. The van der Waals surface area contributed by atoms with Gasteiger partial charge in [0.25, 0.3) is 0 Å². The first-order valence-corrected chi connectivity index (χ1v) is 8.24. The molecule has 0 atom stereocenters. The number of fused-ring (bicyclic) bond motifs is 1. The molecular formula is C20H25N3O. The summed E-state index contributed by atoms with van der Waals surface area (Å²) in [5.41, 5.74) is 12.1. The monoisotopic (exact) mass is 323 g/mol. The third-order valence-corrected chi connectivity index (χ3v) is 4.41. The molecule has 0 unspecified atom stereocenters. The molecule has 1 heterocycles. The largest absolute Gasteiger partial charge is 0.398 e. The molecule has 0 fully saturated rings. The Balaban J connectivity index is 2.22. The van der Waals surface area contributed by atoms with Crippen molar-refractivity contribution in [3.05, 3.63) is 52.4 Å². The van der Waals surface area contributed by atoms with Crippen LogP contribution in [-0.2, 0) is 13.6 Å². The number of aromatic nitrogens is 2. The normalized spacial score (nSPS) is 12.0. The van der Waals surface area contributed by atoms with E-state index in [1.54, 1.807) is 4.57 Å². The van der Waals surface area contributed by atoms with Gasteiger partial charge in [-0.25, -0.2) is 4.79 Å². The Bertz CT molecular complexity index is 971. The molecule has 0 aliphatic heterocycles. The smallest absolute Gasteiger partial charge is 0.328 e. The minimum absolute atomic E-state index is 0.0225. The molecule has 2 aromatic carbocycles. The molecule has 0 spiro atoms. The molecule has 24 heavy (non-hydrogen) atoms. The summed E-state index contributed by atoms with van der Waals surface area (Å²) in [5.74, 6) is 0. The third kappa shape index (κ3) is 2.73. The van der Waals surface area contributed by atoms with Crippen molar-refractivity contribution in [2.75, 3.05) is 5.73 Å². The van der Waals surface area contributed by atoms with E-state index in [2.05, 4.69) is 26.8 Å². The number of para-hydroxylation sites is 1. The number of rotatable bonds is 2. The van der Waals surface area contributed by atoms with Gasteiger partial charge in [0.2, 0.25) is 0 Å². The van der Waals surface area contributed by atoms with E-state index >= 15 is 0 Å². The first-order chi connectivity index (χ1) is 11.2. The maximum Gasteiger partial charge on any atom is 0.328 e. The summed E-state index contributed by atoms with van der Waals surface area (Å²) < 4.78 is 3.58. The van der Waals surface area contributed by atoms with Crippen LogP contribution in [-0.4, -0.2) is 9.13 Å². The lowest BCUT2D eigenvalue weighted by Gasteiger charge is -2.18. The van der Waals surface area contributed by atoms with Crippen molar-refractivity contribution in [1.82, 2.24) is 9.13 Å². The average molecular weight is 323 g/mol. The molecule has 3 aromatic rings. The van der Waals surface area contributed by atoms with Gasteiger partial charge >= 0.3 is 5.69 Å². The summed E-state index contributed by atoms with van der Waals surface area (Å²) >= 11 is 0. The van der Waals surface area contributed by atoms with E-state index in [4.69, 9.17) is 5.73 Å². The second-order valence-electron chi connectivity index (χ2n) is 7.73. The Hall–Kier alpha value is -2.49. The van der Waals surface area contributed by atoms with Crippen LogP contribution >= 0.6 is 0 Å². The van der Waals surface area contributed by atoms with Crippen LogP contribution in [0.2, 0.25) is 0 Å². The maximum absolute atomic E-state index is 12.6. The Morgan fingerprint density at radius 2 is 1.79 bits per heavy atom. The Labute approximate surface area is 142 Å². The first-order valence-electron chi connectivity index (χ1n) is 8.24. The summed E-state index contributed by atoms with van der Waals surface area (Å²) in [5, 5.41) is 0. The van der Waals surface area contributed by atoms with E-state index in [-0.39, 0.29) is 11.1 Å². The molecule has 0 saturated carbocycles. The number of nitrogen functional groups attached to an aromatic ring is 1. The minimum atomic E-state index is 0.0225. The van der Waals surface area contributed by atoms with Gasteiger partial charge in [-0.2, -0.15) is 0 Å². The zero-order chi connectivity index (χ0) is 17.6. The Kier molecular flexibility index (Phi) is 3.78. The number of nitrogens with two attached hydrogens (primary N) is 1. The summed E-state index contributed by atoms with van der Waals surface area (Å²) in [6.45, 7) is 9.11. The van der Waals surface area contributed by atoms with E-state index in [9.17, 15) is 4.79 Å². The second kappa shape index (κ2) is 5.55. The fourth-order valence-corrected chi connectivity index (χ4v) is 3.13. The Morgan fingerprint density at radius 3 is 2.46 bits per heavy atom. The highest BCUT2D eigenvalue weighted by Crippen LogP contribution is 2.30. The summed E-state index contributed by atoms with van der Waals surface area (Å²) in [4.78, 5) is 12.6. The van der Waals surface area contributed by atoms with Crippen molar-refractivity contribution in [2.24, 2.45) is 12.5 Å². The van der Waals surface area contributed by atoms with Crippen molar-refractivity contribution >= 4 is 16.7 Å². The van der Waals surface area contributed by atoms with Crippen LogP contribution in [0, 0.1) is 12.3 Å². The van der Waals surface area contributed by atoms with Crippen LogP contribution in [0.15, 0.2) is 41.2 Å². The van der Waals surface area contributed by atoms with Crippen LogP contribution in [0.5, 0.6) is 0 Å². The molecule has 0 aliphatic carbocycles. The molecule has 0 aliphatic rings. The fourth-order valence-electron chi connectivity index (χ4n) is 3.13. The SMILES string of the molecule is Cc1cccc(-c2ccc3c(c2)n(C)c(=O)n3CC(C)(C)C)c1N. The summed E-state index contributed by atoms with van der Waals surface area (Å²) in [7, 11) is 1.83. The van der Waals surface area contributed by atoms with Crippen LogP contribution in [0.3, 0.4) is 0 Å². The van der Waals surface area contributed by atoms with Crippen molar-refractivity contribution in [3.8, 4) is 11.1 Å². The topological polar surface area (TPSA) is 53.0 Å². The lowest BCUT2D eigenvalue weighted by molar-refractivity contribution is 0.342. The van der Waals surface area contributed by atoms with Gasteiger partial charge in [-0.05, 0) is 35.6 Å². The van der Waals surface area contributed by atoms with Crippen LogP contribution in [0.4, 0.5) is 5.69 Å². The molecule has 0 saturated heterocycles. The van der Waals surface area contributed by atoms with E-state index in [1.165, 1.54) is 0 Å². The van der Waals surface area contributed by atoms with Gasteiger partial charge in [-0.1, -0.05) is 45.0 Å². The van der Waals surface area contributed by atoms with E-state index in [0.29, 0.717) is 6.54 Å². The van der Waals surface area contributed by atoms with Gasteiger partial charge in [-0.15, -0.1) is 0 Å². The lowest BCUT2D eigenvalue weighted by atomic mass is 9.96. The average Bonchev–Trinajstić information content (AvgIpc) is 2.73. The molecule has 1 aromatic heterocycles. The summed E-state index contributed by atoms with van der Waals surface area (Å²) in [6.07, 6.45) is 0. The molecular weight excluding hydrogens is 298 g/mol. The summed E-state index contributed by atoms with van der Waals surface area (Å²) in [6, 6.07) is 12.2. The number of anilines is 1. The van der Waals surface area contributed by atoms with Crippen LogP contribution in [0.1, 0.15) is 26.3 Å². The van der Waals surface area contributed by atoms with E-state index < -0.39 is 0 Å². The van der Waals surface area contributed by atoms with E-state index in [0.717, 1.165) is 33.4 Å². The number of hydrogen-bond donors (Lipinski definition) is 1. The second-order valence-corrected chi connectivity index (χ2v) is 7.73. The van der Waals surface area contributed by atoms with Crippen LogP contribution < -0.4 is 11.4 Å².